The molecule has 1 nitrogen and oxygen atoms in total. The summed E-state index contributed by atoms with van der Waals surface area (Å²) >= 11 is 0. The van der Waals surface area contributed by atoms with Gasteiger partial charge in [-0.3, -0.25) is 0 Å². The van der Waals surface area contributed by atoms with Crippen molar-refractivity contribution in [3.63, 3.8) is 0 Å². The highest BCUT2D eigenvalue weighted by molar-refractivity contribution is 5.24. The summed E-state index contributed by atoms with van der Waals surface area (Å²) in [5.41, 5.74) is 1.39. The highest BCUT2D eigenvalue weighted by Crippen LogP contribution is 2.38. The van der Waals surface area contributed by atoms with Gasteiger partial charge in [-0.05, 0) is 16.4 Å². The molecule has 0 unspecified atom stereocenters. The van der Waals surface area contributed by atoms with Crippen LogP contribution in [0.2, 0.25) is 0 Å². The van der Waals surface area contributed by atoms with Crippen molar-refractivity contribution in [1.29, 1.82) is 5.26 Å². The second-order valence-electron chi connectivity index (χ2n) is 5.19. The van der Waals surface area contributed by atoms with E-state index >= 15 is 0 Å². The lowest BCUT2D eigenvalue weighted by Crippen LogP contribution is -2.22. The minimum atomic E-state index is 0.0912. The first-order valence-corrected chi connectivity index (χ1v) is 4.30. The Balaban J connectivity index is 5.00. The van der Waals surface area contributed by atoms with Crippen LogP contribution in [0.4, 0.5) is 0 Å². The molecule has 1 heteroatoms. The number of rotatable bonds is 0. The number of nitrogens with zero attached hydrogens (tertiary/aromatic N) is 1. The lowest BCUT2D eigenvalue weighted by atomic mass is 9.72. The molecule has 0 N–H and O–H groups in total. The zero-order valence-electron chi connectivity index (χ0n) is 9.02. The van der Waals surface area contributed by atoms with Crippen molar-refractivity contribution in [3.8, 4) is 6.07 Å². The van der Waals surface area contributed by atoms with E-state index in [1.807, 2.05) is 0 Å². The second kappa shape index (κ2) is 3.31. The van der Waals surface area contributed by atoms with Gasteiger partial charge >= 0.3 is 0 Å². The second-order valence-corrected chi connectivity index (χ2v) is 5.19. The Morgan fingerprint density at radius 1 is 1.00 bits per heavy atom. The minimum absolute atomic E-state index is 0.0912. The van der Waals surface area contributed by atoms with E-state index in [-0.39, 0.29) is 10.8 Å². The molecule has 0 spiro atoms. The monoisotopic (exact) mass is 165 g/mol. The number of hydrogen-bond acceptors (Lipinski definition) is 1. The zero-order chi connectivity index (χ0) is 9.99. The topological polar surface area (TPSA) is 23.8 Å². The Kier molecular flexibility index (Phi) is 3.10. The smallest absolute Gasteiger partial charge is 0.0911 e. The largest absolute Gasteiger partial charge is 0.193 e. The number of nitriles is 1. The summed E-state index contributed by atoms with van der Waals surface area (Å²) in [6, 6.07) is 2.12. The minimum Gasteiger partial charge on any atom is -0.193 e. The van der Waals surface area contributed by atoms with Gasteiger partial charge in [-0.15, -0.1) is 0 Å². The van der Waals surface area contributed by atoms with E-state index in [4.69, 9.17) is 5.26 Å². The van der Waals surface area contributed by atoms with Crippen LogP contribution in [0.25, 0.3) is 0 Å². The molecule has 0 aliphatic rings. The highest BCUT2D eigenvalue weighted by Gasteiger charge is 2.27. The predicted octanol–water partition coefficient (Wildman–Crippen LogP) is 3.53. The molecule has 0 radical (unpaired) electrons. The third-order valence-corrected chi connectivity index (χ3v) is 1.82. The molecule has 0 aliphatic heterocycles. The average Bonchev–Trinajstić information content (AvgIpc) is 1.77. The molecule has 0 aromatic rings. The average molecular weight is 165 g/mol. The van der Waals surface area contributed by atoms with Gasteiger partial charge in [0.1, 0.15) is 0 Å². The van der Waals surface area contributed by atoms with Crippen molar-refractivity contribution < 1.29 is 0 Å². The van der Waals surface area contributed by atoms with Gasteiger partial charge in [0.05, 0.1) is 6.07 Å². The van der Waals surface area contributed by atoms with Crippen LogP contribution < -0.4 is 0 Å². The maximum atomic E-state index is 8.64. The Bertz CT molecular complexity index is 199. The Hall–Kier alpha value is -0.770. The quantitative estimate of drug-likeness (QED) is 0.504. The molecule has 0 saturated heterocycles. The summed E-state index contributed by atoms with van der Waals surface area (Å²) in [5, 5.41) is 8.64. The normalized spacial score (nSPS) is 12.1. The van der Waals surface area contributed by atoms with Crippen molar-refractivity contribution in [1.82, 2.24) is 0 Å². The molecule has 0 atom stereocenters. The van der Waals surface area contributed by atoms with Gasteiger partial charge in [-0.1, -0.05) is 41.5 Å². The van der Waals surface area contributed by atoms with Crippen LogP contribution in [0.5, 0.6) is 0 Å². The van der Waals surface area contributed by atoms with Gasteiger partial charge in [0.2, 0.25) is 0 Å². The Labute approximate surface area is 76.1 Å². The van der Waals surface area contributed by atoms with Crippen molar-refractivity contribution >= 4 is 0 Å². The molecule has 0 aromatic carbocycles. The SMILES string of the molecule is CC(C)(C)C(=CC#N)C(C)(C)C. The Morgan fingerprint density at radius 3 is 1.42 bits per heavy atom. The summed E-state index contributed by atoms with van der Waals surface area (Å²) in [6.45, 7) is 12.8. The summed E-state index contributed by atoms with van der Waals surface area (Å²) in [7, 11) is 0. The van der Waals surface area contributed by atoms with Crippen molar-refractivity contribution in [3.05, 3.63) is 11.6 Å². The van der Waals surface area contributed by atoms with Gasteiger partial charge in [-0.2, -0.15) is 5.26 Å². The third kappa shape index (κ3) is 3.09. The third-order valence-electron chi connectivity index (χ3n) is 1.82. The first kappa shape index (κ1) is 11.2. The molecule has 0 heterocycles. The number of allylic oxidation sites excluding steroid dienone is 2. The maximum Gasteiger partial charge on any atom is 0.0911 e. The molecule has 12 heavy (non-hydrogen) atoms. The maximum absolute atomic E-state index is 8.64. The van der Waals surface area contributed by atoms with E-state index in [1.54, 1.807) is 6.08 Å². The summed E-state index contributed by atoms with van der Waals surface area (Å²) in [6.07, 6.45) is 1.68. The van der Waals surface area contributed by atoms with E-state index < -0.39 is 0 Å². The first-order valence-electron chi connectivity index (χ1n) is 4.30. The predicted molar refractivity (Wildman–Crippen MR) is 52.6 cm³/mol. The zero-order valence-corrected chi connectivity index (χ0v) is 9.02. The molecule has 0 bridgehead atoms. The number of hydrogen-bond donors (Lipinski definition) is 0. The summed E-state index contributed by atoms with van der Waals surface area (Å²) in [4.78, 5) is 0. The fourth-order valence-corrected chi connectivity index (χ4v) is 1.62. The van der Waals surface area contributed by atoms with E-state index in [2.05, 4.69) is 47.6 Å². The van der Waals surface area contributed by atoms with Crippen LogP contribution in [-0.4, -0.2) is 0 Å². The summed E-state index contributed by atoms with van der Waals surface area (Å²) < 4.78 is 0. The standard InChI is InChI=1S/C11H19N/c1-10(2,3)9(7-8-12)11(4,5)6/h7H,1-6H3. The Morgan fingerprint density at radius 2 is 1.33 bits per heavy atom. The highest BCUT2D eigenvalue weighted by atomic mass is 14.3. The molecule has 0 aliphatic carbocycles. The molecule has 0 saturated carbocycles. The van der Waals surface area contributed by atoms with Crippen LogP contribution in [0.15, 0.2) is 11.6 Å². The fourth-order valence-electron chi connectivity index (χ4n) is 1.62. The fraction of sp³-hybridized carbons (Fsp3) is 0.727. The van der Waals surface area contributed by atoms with Crippen LogP contribution in [-0.2, 0) is 0 Å². The van der Waals surface area contributed by atoms with E-state index in [0.29, 0.717) is 0 Å². The van der Waals surface area contributed by atoms with Gasteiger partial charge in [0.15, 0.2) is 0 Å². The molecule has 68 valence electrons. The van der Waals surface area contributed by atoms with Crippen molar-refractivity contribution in [2.75, 3.05) is 0 Å². The van der Waals surface area contributed by atoms with Crippen molar-refractivity contribution in [2.24, 2.45) is 10.8 Å². The molecule has 0 fully saturated rings. The van der Waals surface area contributed by atoms with E-state index in [1.165, 1.54) is 5.57 Å². The van der Waals surface area contributed by atoms with Gasteiger partial charge in [0.25, 0.3) is 0 Å². The molecule has 0 rings (SSSR count). The lowest BCUT2D eigenvalue weighted by molar-refractivity contribution is 0.362. The van der Waals surface area contributed by atoms with Crippen LogP contribution in [0, 0.1) is 22.2 Å². The van der Waals surface area contributed by atoms with Crippen LogP contribution in [0.1, 0.15) is 41.5 Å². The molecular weight excluding hydrogens is 146 g/mol. The molecule has 0 amide bonds. The van der Waals surface area contributed by atoms with Crippen LogP contribution >= 0.6 is 0 Å². The van der Waals surface area contributed by atoms with Gasteiger partial charge < -0.3 is 0 Å². The first-order chi connectivity index (χ1) is 5.19. The van der Waals surface area contributed by atoms with Crippen molar-refractivity contribution in [2.45, 2.75) is 41.5 Å². The van der Waals surface area contributed by atoms with Crippen LogP contribution in [0.3, 0.4) is 0 Å². The van der Waals surface area contributed by atoms with E-state index in [0.717, 1.165) is 0 Å². The molecule has 0 aromatic heterocycles. The van der Waals surface area contributed by atoms with E-state index in [9.17, 15) is 0 Å². The summed E-state index contributed by atoms with van der Waals surface area (Å²) in [5.74, 6) is 0. The molecular formula is C11H19N. The van der Waals surface area contributed by atoms with Gasteiger partial charge in [0, 0.05) is 6.08 Å². The van der Waals surface area contributed by atoms with Gasteiger partial charge in [-0.25, -0.2) is 0 Å². The lowest BCUT2D eigenvalue weighted by Gasteiger charge is -2.33.